The summed E-state index contributed by atoms with van der Waals surface area (Å²) in [6.07, 6.45) is 1.84. The molecule has 6 heteroatoms. The van der Waals surface area contributed by atoms with Crippen LogP contribution in [-0.4, -0.2) is 4.57 Å². The Kier molecular flexibility index (Phi) is 2.51. The largest absolute Gasteiger partial charge is 0.307 e. The van der Waals surface area contributed by atoms with Crippen LogP contribution in [-0.2, 0) is 13.0 Å². The Hall–Kier alpha value is -1.97. The smallest absolute Gasteiger partial charge is 0.270 e. The number of pyridine rings is 1. The van der Waals surface area contributed by atoms with Crippen LogP contribution >= 0.6 is 11.6 Å². The summed E-state index contributed by atoms with van der Waals surface area (Å²) in [5.74, 6) is 0. The molecule has 1 aliphatic heterocycles. The molecule has 90 valence electrons. The van der Waals surface area contributed by atoms with Crippen LogP contribution in [0.1, 0.15) is 12.0 Å². The zero-order valence-electron chi connectivity index (χ0n) is 9.43. The summed E-state index contributed by atoms with van der Waals surface area (Å²) >= 11 is 6.01. The molecule has 0 unspecified atom stereocenters. The van der Waals surface area contributed by atoms with Crippen LogP contribution in [0.15, 0.2) is 28.1 Å². The Morgan fingerprint density at radius 2 is 2.28 bits per heavy atom. The number of hydrogen-bond acceptors (Lipinski definition) is 2. The van der Waals surface area contributed by atoms with Gasteiger partial charge in [-0.2, -0.15) is 0 Å². The first kappa shape index (κ1) is 11.1. The minimum atomic E-state index is -0.279. The van der Waals surface area contributed by atoms with Gasteiger partial charge in [-0.3, -0.25) is 4.79 Å². The van der Waals surface area contributed by atoms with E-state index >= 15 is 0 Å². The van der Waals surface area contributed by atoms with Crippen LogP contribution in [0.5, 0.6) is 0 Å². The van der Waals surface area contributed by atoms with Crippen molar-refractivity contribution in [3.05, 3.63) is 49.6 Å². The molecular formula is C12H9ClN4O. The molecule has 0 saturated carbocycles. The van der Waals surface area contributed by atoms with Gasteiger partial charge < -0.3 is 4.57 Å². The fourth-order valence-corrected chi connectivity index (χ4v) is 2.77. The minimum Gasteiger partial charge on any atom is -0.307 e. The Morgan fingerprint density at radius 3 is 3.06 bits per heavy atom. The van der Waals surface area contributed by atoms with Crippen molar-refractivity contribution < 1.29 is 0 Å². The standard InChI is InChI=1S/C12H9ClN4O/c13-9-10(15-16-14)8-5-1-3-7-4-2-6-17(11(7)8)12(9)18/h1,3,5H,2,4,6H2. The lowest BCUT2D eigenvalue weighted by Gasteiger charge is -2.20. The molecule has 0 bridgehead atoms. The van der Waals surface area contributed by atoms with Crippen molar-refractivity contribution in [2.75, 3.05) is 0 Å². The van der Waals surface area contributed by atoms with Gasteiger partial charge in [-0.1, -0.05) is 34.9 Å². The van der Waals surface area contributed by atoms with E-state index in [1.54, 1.807) is 4.57 Å². The van der Waals surface area contributed by atoms with E-state index in [0.717, 1.165) is 29.3 Å². The molecule has 0 atom stereocenters. The van der Waals surface area contributed by atoms with Crippen molar-refractivity contribution >= 4 is 28.2 Å². The SMILES string of the molecule is [N-]=[N+]=Nc1c(Cl)c(=O)n2c3c(cccc13)CCC2. The molecule has 0 radical (unpaired) electrons. The fourth-order valence-electron chi connectivity index (χ4n) is 2.53. The van der Waals surface area contributed by atoms with E-state index in [0.29, 0.717) is 6.54 Å². The Labute approximate surface area is 107 Å². The molecule has 1 aromatic heterocycles. The molecule has 0 spiro atoms. The molecule has 18 heavy (non-hydrogen) atoms. The van der Waals surface area contributed by atoms with Crippen LogP contribution in [0.3, 0.4) is 0 Å². The molecule has 0 amide bonds. The number of azide groups is 1. The highest BCUT2D eigenvalue weighted by Gasteiger charge is 2.19. The van der Waals surface area contributed by atoms with Crippen molar-refractivity contribution in [1.29, 1.82) is 0 Å². The number of halogens is 1. The Bertz CT molecular complexity index is 759. The average Bonchev–Trinajstić information content (AvgIpc) is 2.41. The lowest BCUT2D eigenvalue weighted by molar-refractivity contribution is 0.616. The second-order valence-electron chi connectivity index (χ2n) is 4.23. The molecule has 3 rings (SSSR count). The van der Waals surface area contributed by atoms with E-state index in [4.69, 9.17) is 17.1 Å². The van der Waals surface area contributed by atoms with Gasteiger partial charge in [-0.05, 0) is 23.9 Å². The molecule has 0 N–H and O–H groups in total. The Balaban J connectivity index is 2.60. The second-order valence-corrected chi connectivity index (χ2v) is 4.60. The van der Waals surface area contributed by atoms with Crippen LogP contribution in [0.4, 0.5) is 5.69 Å². The molecule has 2 aromatic rings. The summed E-state index contributed by atoms with van der Waals surface area (Å²) in [6, 6.07) is 5.71. The number of para-hydroxylation sites is 1. The summed E-state index contributed by atoms with van der Waals surface area (Å²) in [5, 5.41) is 4.32. The van der Waals surface area contributed by atoms with E-state index in [1.165, 1.54) is 0 Å². The van der Waals surface area contributed by atoms with Crippen molar-refractivity contribution in [2.24, 2.45) is 5.11 Å². The van der Waals surface area contributed by atoms with Crippen molar-refractivity contribution in [1.82, 2.24) is 4.57 Å². The first-order valence-electron chi connectivity index (χ1n) is 5.63. The van der Waals surface area contributed by atoms with Crippen LogP contribution in [0, 0.1) is 0 Å². The number of nitrogens with zero attached hydrogens (tertiary/aromatic N) is 4. The number of aryl methyl sites for hydroxylation is 2. The van der Waals surface area contributed by atoms with E-state index in [-0.39, 0.29) is 16.3 Å². The van der Waals surface area contributed by atoms with Crippen LogP contribution in [0.25, 0.3) is 21.3 Å². The zero-order chi connectivity index (χ0) is 12.7. The summed E-state index contributed by atoms with van der Waals surface area (Å²) in [5.41, 5.74) is 10.5. The first-order chi connectivity index (χ1) is 8.74. The van der Waals surface area contributed by atoms with Gasteiger partial charge in [0.1, 0.15) is 5.02 Å². The van der Waals surface area contributed by atoms with Gasteiger partial charge in [-0.25, -0.2) is 0 Å². The maximum Gasteiger partial charge on any atom is 0.270 e. The molecule has 0 aliphatic carbocycles. The van der Waals surface area contributed by atoms with Gasteiger partial charge in [0.2, 0.25) is 0 Å². The number of benzene rings is 1. The van der Waals surface area contributed by atoms with Gasteiger partial charge >= 0.3 is 0 Å². The van der Waals surface area contributed by atoms with Crippen molar-refractivity contribution in [2.45, 2.75) is 19.4 Å². The third-order valence-electron chi connectivity index (χ3n) is 3.26. The van der Waals surface area contributed by atoms with Gasteiger partial charge in [0.15, 0.2) is 0 Å². The molecule has 0 fully saturated rings. The molecule has 5 nitrogen and oxygen atoms in total. The average molecular weight is 261 g/mol. The number of hydrogen-bond donors (Lipinski definition) is 0. The van der Waals surface area contributed by atoms with Gasteiger partial charge in [0, 0.05) is 16.8 Å². The second kappa shape index (κ2) is 4.05. The lowest BCUT2D eigenvalue weighted by atomic mass is 10.0. The first-order valence-corrected chi connectivity index (χ1v) is 6.01. The van der Waals surface area contributed by atoms with E-state index in [2.05, 4.69) is 10.0 Å². The van der Waals surface area contributed by atoms with Crippen LogP contribution < -0.4 is 5.56 Å². The molecular weight excluding hydrogens is 252 g/mol. The summed E-state index contributed by atoms with van der Waals surface area (Å²) < 4.78 is 1.67. The highest BCUT2D eigenvalue weighted by atomic mass is 35.5. The van der Waals surface area contributed by atoms with Crippen molar-refractivity contribution in [3.8, 4) is 0 Å². The summed E-state index contributed by atoms with van der Waals surface area (Å²) in [4.78, 5) is 14.9. The Morgan fingerprint density at radius 1 is 1.44 bits per heavy atom. The molecule has 1 aromatic carbocycles. The maximum absolute atomic E-state index is 12.1. The highest BCUT2D eigenvalue weighted by molar-refractivity contribution is 6.34. The summed E-state index contributed by atoms with van der Waals surface area (Å²) in [6.45, 7) is 0.655. The number of aromatic nitrogens is 1. The molecule has 2 heterocycles. The van der Waals surface area contributed by atoms with Gasteiger partial charge in [0.05, 0.1) is 11.2 Å². The highest BCUT2D eigenvalue weighted by Crippen LogP contribution is 2.34. The lowest BCUT2D eigenvalue weighted by Crippen LogP contribution is -2.24. The van der Waals surface area contributed by atoms with E-state index in [9.17, 15) is 4.79 Å². The third kappa shape index (κ3) is 1.41. The zero-order valence-corrected chi connectivity index (χ0v) is 10.2. The minimum absolute atomic E-state index is 0.000602. The molecule has 0 saturated heterocycles. The van der Waals surface area contributed by atoms with Gasteiger partial charge in [0.25, 0.3) is 5.56 Å². The maximum atomic E-state index is 12.1. The van der Waals surface area contributed by atoms with Gasteiger partial charge in [-0.15, -0.1) is 0 Å². The van der Waals surface area contributed by atoms with E-state index < -0.39 is 0 Å². The normalized spacial score (nSPS) is 13.4. The molecule has 1 aliphatic rings. The predicted molar refractivity (Wildman–Crippen MR) is 70.3 cm³/mol. The van der Waals surface area contributed by atoms with Crippen molar-refractivity contribution in [3.63, 3.8) is 0 Å². The van der Waals surface area contributed by atoms with Crippen LogP contribution in [0.2, 0.25) is 5.02 Å². The van der Waals surface area contributed by atoms with E-state index in [1.807, 2.05) is 18.2 Å². The quantitative estimate of drug-likeness (QED) is 0.439. The third-order valence-corrected chi connectivity index (χ3v) is 3.60. The topological polar surface area (TPSA) is 70.8 Å². The number of rotatable bonds is 1. The predicted octanol–water partition coefficient (Wildman–Crippen LogP) is 3.54. The monoisotopic (exact) mass is 260 g/mol. The fraction of sp³-hybridized carbons (Fsp3) is 0.250. The summed E-state index contributed by atoms with van der Waals surface area (Å²) in [7, 11) is 0.